The molecule has 27 heavy (non-hydrogen) atoms. The molecule has 0 spiro atoms. The Morgan fingerprint density at radius 2 is 2.07 bits per heavy atom. The molecule has 1 N–H and O–H groups in total. The maximum absolute atomic E-state index is 13.2. The molecule has 3 rings (SSSR count). The number of carbonyl (C=O) groups is 1. The van der Waals surface area contributed by atoms with Crippen molar-refractivity contribution in [3.8, 4) is 11.3 Å². The molecule has 142 valence electrons. The fourth-order valence-electron chi connectivity index (χ4n) is 2.81. The maximum Gasteiger partial charge on any atom is 0.261 e. The number of thiophene rings is 1. The highest BCUT2D eigenvalue weighted by atomic mass is 35.5. The largest absolute Gasteiger partial charge is 0.351 e. The number of nitrogens with zero attached hydrogens (tertiary/aromatic N) is 2. The van der Waals surface area contributed by atoms with Crippen LogP contribution in [0, 0.1) is 18.6 Å². The van der Waals surface area contributed by atoms with Gasteiger partial charge in [0.05, 0.1) is 16.8 Å². The number of rotatable bonds is 6. The van der Waals surface area contributed by atoms with Gasteiger partial charge in [-0.1, -0.05) is 17.7 Å². The third-order valence-corrected chi connectivity index (χ3v) is 5.53. The Hall–Kier alpha value is -2.25. The molecule has 0 radical (unpaired) electrons. The van der Waals surface area contributed by atoms with Crippen LogP contribution in [0.5, 0.6) is 0 Å². The highest BCUT2D eigenvalue weighted by molar-refractivity contribution is 7.18. The van der Waals surface area contributed by atoms with Gasteiger partial charge in [0.2, 0.25) is 0 Å². The number of aryl methyl sites for hydroxylation is 2. The van der Waals surface area contributed by atoms with E-state index in [2.05, 4.69) is 10.4 Å². The molecule has 3 aromatic rings. The molecule has 1 amide bonds. The molecule has 0 saturated carbocycles. The van der Waals surface area contributed by atoms with Crippen molar-refractivity contribution in [1.82, 2.24) is 15.1 Å². The van der Waals surface area contributed by atoms with E-state index < -0.39 is 11.6 Å². The standard InChI is InChI=1S/C19H18ClF2N3OS/c1-3-25-17(11(2)10-24-25)13-9-16(27-18(13)20)19(26)23-7-6-12-4-5-14(21)15(22)8-12/h4-5,8-10H,3,6-7H2,1-2H3,(H,23,26). The summed E-state index contributed by atoms with van der Waals surface area (Å²) in [5.41, 5.74) is 3.28. The van der Waals surface area contributed by atoms with E-state index >= 15 is 0 Å². The average Bonchev–Trinajstić information content (AvgIpc) is 3.20. The highest BCUT2D eigenvalue weighted by Crippen LogP contribution is 2.37. The maximum atomic E-state index is 13.2. The minimum atomic E-state index is -0.892. The number of amides is 1. The Kier molecular flexibility index (Phi) is 5.92. The summed E-state index contributed by atoms with van der Waals surface area (Å²) in [6, 6.07) is 5.47. The second kappa shape index (κ2) is 8.19. The van der Waals surface area contributed by atoms with Crippen LogP contribution in [0.1, 0.15) is 27.7 Å². The lowest BCUT2D eigenvalue weighted by atomic mass is 10.1. The van der Waals surface area contributed by atoms with Crippen LogP contribution in [0.15, 0.2) is 30.5 Å². The smallest absolute Gasteiger partial charge is 0.261 e. The van der Waals surface area contributed by atoms with Crippen molar-refractivity contribution in [2.75, 3.05) is 6.54 Å². The van der Waals surface area contributed by atoms with Crippen molar-refractivity contribution in [2.45, 2.75) is 26.8 Å². The number of aromatic nitrogens is 2. The number of hydrogen-bond acceptors (Lipinski definition) is 3. The quantitative estimate of drug-likeness (QED) is 0.633. The van der Waals surface area contributed by atoms with Gasteiger partial charge in [0.25, 0.3) is 5.91 Å². The Labute approximate surface area is 164 Å². The van der Waals surface area contributed by atoms with Gasteiger partial charge in [-0.25, -0.2) is 8.78 Å². The molecule has 0 unspecified atom stereocenters. The minimum absolute atomic E-state index is 0.254. The monoisotopic (exact) mass is 409 g/mol. The Balaban J connectivity index is 1.69. The first-order valence-electron chi connectivity index (χ1n) is 8.45. The summed E-state index contributed by atoms with van der Waals surface area (Å²) in [4.78, 5) is 12.9. The Bertz CT molecular complexity index is 983. The summed E-state index contributed by atoms with van der Waals surface area (Å²) in [6.45, 7) is 4.94. The molecule has 0 aliphatic rings. The molecule has 0 fully saturated rings. The van der Waals surface area contributed by atoms with E-state index in [0.717, 1.165) is 29.0 Å². The molecule has 2 aromatic heterocycles. The summed E-state index contributed by atoms with van der Waals surface area (Å²) < 4.78 is 28.5. The lowest BCUT2D eigenvalue weighted by molar-refractivity contribution is 0.0958. The SMILES string of the molecule is CCn1ncc(C)c1-c1cc(C(=O)NCCc2ccc(F)c(F)c2)sc1Cl. The summed E-state index contributed by atoms with van der Waals surface area (Å²) in [5.74, 6) is -2.03. The number of nitrogens with one attached hydrogen (secondary N) is 1. The number of carbonyl (C=O) groups excluding carboxylic acids is 1. The van der Waals surface area contributed by atoms with Gasteiger partial charge < -0.3 is 5.32 Å². The van der Waals surface area contributed by atoms with Crippen molar-refractivity contribution in [3.05, 3.63) is 62.4 Å². The van der Waals surface area contributed by atoms with Gasteiger partial charge in [0.1, 0.15) is 4.34 Å². The third-order valence-electron chi connectivity index (χ3n) is 4.17. The molecule has 4 nitrogen and oxygen atoms in total. The fraction of sp³-hybridized carbons (Fsp3) is 0.263. The van der Waals surface area contributed by atoms with E-state index in [-0.39, 0.29) is 5.91 Å². The molecule has 0 aliphatic heterocycles. The van der Waals surface area contributed by atoms with Crippen LogP contribution < -0.4 is 5.32 Å². The molecule has 0 atom stereocenters. The first kappa shape index (κ1) is 19.5. The number of halogens is 3. The molecule has 1 aromatic carbocycles. The zero-order valence-electron chi connectivity index (χ0n) is 14.9. The van der Waals surface area contributed by atoms with Gasteiger partial charge in [-0.2, -0.15) is 5.10 Å². The molecule has 0 aliphatic carbocycles. The predicted molar refractivity (Wildman–Crippen MR) is 103 cm³/mol. The van der Waals surface area contributed by atoms with E-state index in [4.69, 9.17) is 11.6 Å². The van der Waals surface area contributed by atoms with Crippen LogP contribution in [0.25, 0.3) is 11.3 Å². The first-order chi connectivity index (χ1) is 12.9. The lowest BCUT2D eigenvalue weighted by Crippen LogP contribution is -2.24. The van der Waals surface area contributed by atoms with E-state index in [1.807, 2.05) is 18.5 Å². The van der Waals surface area contributed by atoms with E-state index in [0.29, 0.717) is 34.3 Å². The van der Waals surface area contributed by atoms with Crippen molar-refractivity contribution < 1.29 is 13.6 Å². The van der Waals surface area contributed by atoms with Gasteiger partial charge in [0.15, 0.2) is 11.6 Å². The van der Waals surface area contributed by atoms with Crippen molar-refractivity contribution in [2.24, 2.45) is 0 Å². The van der Waals surface area contributed by atoms with E-state index in [9.17, 15) is 13.6 Å². The minimum Gasteiger partial charge on any atom is -0.351 e. The molecule has 8 heteroatoms. The van der Waals surface area contributed by atoms with Crippen molar-refractivity contribution in [3.63, 3.8) is 0 Å². The van der Waals surface area contributed by atoms with Crippen LogP contribution in [0.3, 0.4) is 0 Å². The van der Waals surface area contributed by atoms with Crippen molar-refractivity contribution in [1.29, 1.82) is 0 Å². The lowest BCUT2D eigenvalue weighted by Gasteiger charge is -2.05. The Morgan fingerprint density at radius 3 is 2.78 bits per heavy atom. The van der Waals surface area contributed by atoms with Crippen LogP contribution in [0.2, 0.25) is 4.34 Å². The van der Waals surface area contributed by atoms with Crippen LogP contribution in [-0.2, 0) is 13.0 Å². The second-order valence-corrected chi connectivity index (χ2v) is 7.70. The van der Waals surface area contributed by atoms with Gasteiger partial charge in [-0.3, -0.25) is 9.48 Å². The second-order valence-electron chi connectivity index (χ2n) is 6.04. The normalized spacial score (nSPS) is 11.0. The Morgan fingerprint density at radius 1 is 1.30 bits per heavy atom. The van der Waals surface area contributed by atoms with Crippen LogP contribution in [0.4, 0.5) is 8.78 Å². The molecule has 0 bridgehead atoms. The zero-order chi connectivity index (χ0) is 19.6. The van der Waals surface area contributed by atoms with Crippen LogP contribution >= 0.6 is 22.9 Å². The first-order valence-corrected chi connectivity index (χ1v) is 9.64. The number of hydrogen-bond donors (Lipinski definition) is 1. The third kappa shape index (κ3) is 4.20. The van der Waals surface area contributed by atoms with Gasteiger partial charge in [-0.15, -0.1) is 11.3 Å². The average molecular weight is 410 g/mol. The van der Waals surface area contributed by atoms with Gasteiger partial charge >= 0.3 is 0 Å². The summed E-state index contributed by atoms with van der Waals surface area (Å²) >= 11 is 7.57. The molecular weight excluding hydrogens is 392 g/mol. The van der Waals surface area contributed by atoms with E-state index in [1.54, 1.807) is 12.3 Å². The summed E-state index contributed by atoms with van der Waals surface area (Å²) in [7, 11) is 0. The van der Waals surface area contributed by atoms with Gasteiger partial charge in [0, 0.05) is 18.7 Å². The molecule has 2 heterocycles. The zero-order valence-corrected chi connectivity index (χ0v) is 16.4. The van der Waals surface area contributed by atoms with Gasteiger partial charge in [-0.05, 0) is 49.6 Å². The fourth-order valence-corrected chi connectivity index (χ4v) is 4.01. The summed E-state index contributed by atoms with van der Waals surface area (Å²) in [5, 5.41) is 7.09. The predicted octanol–water partition coefficient (Wildman–Crippen LogP) is 4.84. The molecular formula is C19H18ClF2N3OS. The molecule has 0 saturated heterocycles. The topological polar surface area (TPSA) is 46.9 Å². The highest BCUT2D eigenvalue weighted by Gasteiger charge is 2.19. The van der Waals surface area contributed by atoms with Crippen molar-refractivity contribution >= 4 is 28.8 Å². The summed E-state index contributed by atoms with van der Waals surface area (Å²) in [6.07, 6.45) is 2.17. The van der Waals surface area contributed by atoms with Crippen LogP contribution in [-0.4, -0.2) is 22.2 Å². The van der Waals surface area contributed by atoms with E-state index in [1.165, 1.54) is 17.4 Å². The number of benzene rings is 1.